The Morgan fingerprint density at radius 1 is 1.27 bits per heavy atom. The molecule has 1 heterocycles. The van der Waals surface area contributed by atoms with Crippen LogP contribution < -0.4 is 5.32 Å². The standard InChI is InChI=1S/C9H16FN/c10-9-6-11-5-8(9)4-7-2-1-3-7/h7-9,11H,1-6H2. The van der Waals surface area contributed by atoms with Gasteiger partial charge in [-0.3, -0.25) is 0 Å². The fourth-order valence-electron chi connectivity index (χ4n) is 2.09. The van der Waals surface area contributed by atoms with Crippen molar-refractivity contribution in [3.63, 3.8) is 0 Å². The van der Waals surface area contributed by atoms with Crippen LogP contribution in [0.25, 0.3) is 0 Å². The first kappa shape index (κ1) is 7.53. The minimum Gasteiger partial charge on any atom is -0.313 e. The van der Waals surface area contributed by atoms with E-state index >= 15 is 0 Å². The first-order chi connectivity index (χ1) is 5.36. The largest absolute Gasteiger partial charge is 0.313 e. The fraction of sp³-hybridized carbons (Fsp3) is 1.00. The zero-order valence-electron chi connectivity index (χ0n) is 6.85. The quantitative estimate of drug-likeness (QED) is 0.643. The van der Waals surface area contributed by atoms with Crippen LogP contribution in [0.5, 0.6) is 0 Å². The highest BCUT2D eigenvalue weighted by Crippen LogP contribution is 2.34. The molecule has 2 fully saturated rings. The molecule has 1 nitrogen and oxygen atoms in total. The first-order valence-corrected chi connectivity index (χ1v) is 4.71. The minimum absolute atomic E-state index is 0.334. The molecule has 2 rings (SSSR count). The smallest absolute Gasteiger partial charge is 0.116 e. The van der Waals surface area contributed by atoms with E-state index in [0.717, 1.165) is 18.9 Å². The van der Waals surface area contributed by atoms with Crippen LogP contribution in [0.15, 0.2) is 0 Å². The van der Waals surface area contributed by atoms with Crippen LogP contribution in [0.2, 0.25) is 0 Å². The van der Waals surface area contributed by atoms with Gasteiger partial charge < -0.3 is 5.32 Å². The summed E-state index contributed by atoms with van der Waals surface area (Å²) in [5.41, 5.74) is 0. The third-order valence-corrected chi connectivity index (χ3v) is 3.12. The molecule has 64 valence electrons. The van der Waals surface area contributed by atoms with Crippen LogP contribution in [0.1, 0.15) is 25.7 Å². The van der Waals surface area contributed by atoms with Crippen molar-refractivity contribution >= 4 is 0 Å². The lowest BCUT2D eigenvalue weighted by atomic mass is 9.78. The lowest BCUT2D eigenvalue weighted by Gasteiger charge is -2.28. The summed E-state index contributed by atoms with van der Waals surface area (Å²) >= 11 is 0. The summed E-state index contributed by atoms with van der Waals surface area (Å²) in [6, 6.07) is 0. The second-order valence-electron chi connectivity index (χ2n) is 3.97. The number of rotatable bonds is 2. The zero-order chi connectivity index (χ0) is 7.68. The highest BCUT2D eigenvalue weighted by molar-refractivity contribution is 4.84. The van der Waals surface area contributed by atoms with Gasteiger partial charge in [0.2, 0.25) is 0 Å². The Balaban J connectivity index is 1.75. The molecule has 1 N–H and O–H groups in total. The molecule has 1 aliphatic carbocycles. The number of nitrogens with one attached hydrogen (secondary N) is 1. The van der Waals surface area contributed by atoms with E-state index in [1.807, 2.05) is 0 Å². The van der Waals surface area contributed by atoms with E-state index in [2.05, 4.69) is 5.32 Å². The fourth-order valence-corrected chi connectivity index (χ4v) is 2.09. The molecule has 0 aromatic rings. The van der Waals surface area contributed by atoms with Crippen molar-refractivity contribution < 1.29 is 4.39 Å². The van der Waals surface area contributed by atoms with Gasteiger partial charge >= 0.3 is 0 Å². The van der Waals surface area contributed by atoms with E-state index in [1.54, 1.807) is 0 Å². The molecule has 2 aliphatic rings. The summed E-state index contributed by atoms with van der Waals surface area (Å²) in [6.45, 7) is 1.51. The summed E-state index contributed by atoms with van der Waals surface area (Å²) in [6.07, 6.45) is 4.65. The number of alkyl halides is 1. The van der Waals surface area contributed by atoms with Gasteiger partial charge in [0.15, 0.2) is 0 Å². The number of halogens is 1. The summed E-state index contributed by atoms with van der Waals surface area (Å²) in [4.78, 5) is 0. The highest BCUT2D eigenvalue weighted by atomic mass is 19.1. The van der Waals surface area contributed by atoms with Gasteiger partial charge in [-0.15, -0.1) is 0 Å². The molecule has 1 saturated carbocycles. The van der Waals surface area contributed by atoms with E-state index in [0.29, 0.717) is 12.5 Å². The van der Waals surface area contributed by atoms with Crippen molar-refractivity contribution in [2.24, 2.45) is 11.8 Å². The number of hydrogen-bond acceptors (Lipinski definition) is 1. The predicted octanol–water partition coefficient (Wildman–Crippen LogP) is 1.73. The molecule has 0 bridgehead atoms. The molecular formula is C9H16FN. The van der Waals surface area contributed by atoms with E-state index in [4.69, 9.17) is 0 Å². The summed E-state index contributed by atoms with van der Waals surface area (Å²) in [7, 11) is 0. The average Bonchev–Trinajstić information content (AvgIpc) is 2.27. The predicted molar refractivity (Wildman–Crippen MR) is 43.2 cm³/mol. The molecule has 0 spiro atoms. The molecule has 2 atom stereocenters. The first-order valence-electron chi connectivity index (χ1n) is 4.71. The van der Waals surface area contributed by atoms with Gasteiger partial charge in [-0.05, 0) is 12.3 Å². The Morgan fingerprint density at radius 3 is 2.55 bits per heavy atom. The second kappa shape index (κ2) is 3.10. The molecule has 2 heteroatoms. The van der Waals surface area contributed by atoms with Crippen molar-refractivity contribution in [1.82, 2.24) is 5.32 Å². The van der Waals surface area contributed by atoms with Crippen molar-refractivity contribution in [2.45, 2.75) is 31.9 Å². The third kappa shape index (κ3) is 1.56. The van der Waals surface area contributed by atoms with Gasteiger partial charge in [0.25, 0.3) is 0 Å². The average molecular weight is 157 g/mol. The molecule has 0 aromatic heterocycles. The zero-order valence-corrected chi connectivity index (χ0v) is 6.85. The molecule has 11 heavy (non-hydrogen) atoms. The van der Waals surface area contributed by atoms with Crippen LogP contribution in [-0.2, 0) is 0 Å². The SMILES string of the molecule is FC1CNCC1CC1CCC1. The van der Waals surface area contributed by atoms with Crippen molar-refractivity contribution in [1.29, 1.82) is 0 Å². The normalized spacial score (nSPS) is 39.0. The summed E-state index contributed by atoms with van der Waals surface area (Å²) in [5.74, 6) is 1.19. The molecule has 1 aliphatic heterocycles. The van der Waals surface area contributed by atoms with E-state index in [1.165, 1.54) is 19.3 Å². The Hall–Kier alpha value is -0.110. The summed E-state index contributed by atoms with van der Waals surface area (Å²) < 4.78 is 13.0. The molecule has 1 saturated heterocycles. The van der Waals surface area contributed by atoms with E-state index < -0.39 is 6.17 Å². The van der Waals surface area contributed by atoms with Gasteiger partial charge in [-0.2, -0.15) is 0 Å². The van der Waals surface area contributed by atoms with E-state index in [-0.39, 0.29) is 0 Å². The lowest BCUT2D eigenvalue weighted by Crippen LogP contribution is -2.21. The van der Waals surface area contributed by atoms with Crippen LogP contribution in [0, 0.1) is 11.8 Å². The van der Waals surface area contributed by atoms with Gasteiger partial charge in [-0.25, -0.2) is 4.39 Å². The lowest BCUT2D eigenvalue weighted by molar-refractivity contribution is 0.198. The molecule has 0 amide bonds. The third-order valence-electron chi connectivity index (χ3n) is 3.12. The van der Waals surface area contributed by atoms with Crippen LogP contribution in [-0.4, -0.2) is 19.3 Å². The monoisotopic (exact) mass is 157 g/mol. The Kier molecular flexibility index (Phi) is 2.12. The van der Waals surface area contributed by atoms with Crippen LogP contribution in [0.4, 0.5) is 4.39 Å². The van der Waals surface area contributed by atoms with Crippen LogP contribution in [0.3, 0.4) is 0 Å². The highest BCUT2D eigenvalue weighted by Gasteiger charge is 2.30. The second-order valence-corrected chi connectivity index (χ2v) is 3.97. The molecule has 0 radical (unpaired) electrons. The van der Waals surface area contributed by atoms with Gasteiger partial charge in [-0.1, -0.05) is 19.3 Å². The Labute approximate surface area is 67.4 Å². The minimum atomic E-state index is -0.560. The van der Waals surface area contributed by atoms with E-state index in [9.17, 15) is 4.39 Å². The maximum atomic E-state index is 13.0. The topological polar surface area (TPSA) is 12.0 Å². The maximum absolute atomic E-state index is 13.0. The van der Waals surface area contributed by atoms with Crippen LogP contribution >= 0.6 is 0 Å². The molecule has 0 aromatic carbocycles. The Bertz CT molecular complexity index is 134. The maximum Gasteiger partial charge on any atom is 0.116 e. The van der Waals surface area contributed by atoms with Gasteiger partial charge in [0.05, 0.1) is 0 Å². The van der Waals surface area contributed by atoms with Crippen molar-refractivity contribution in [3.8, 4) is 0 Å². The van der Waals surface area contributed by atoms with Gasteiger partial charge in [0.1, 0.15) is 6.17 Å². The number of hydrogen-bond donors (Lipinski definition) is 1. The van der Waals surface area contributed by atoms with Crippen molar-refractivity contribution in [3.05, 3.63) is 0 Å². The van der Waals surface area contributed by atoms with Crippen molar-refractivity contribution in [2.75, 3.05) is 13.1 Å². The van der Waals surface area contributed by atoms with Gasteiger partial charge in [0, 0.05) is 19.0 Å². The summed E-state index contributed by atoms with van der Waals surface area (Å²) in [5, 5.41) is 3.10. The molecule has 2 unspecified atom stereocenters. The molecular weight excluding hydrogens is 141 g/mol. The Morgan fingerprint density at radius 2 is 2.09 bits per heavy atom.